The highest BCUT2D eigenvalue weighted by Crippen LogP contribution is 2.27. The number of hydrogen-bond acceptors (Lipinski definition) is 7. The number of hydrogen-bond donors (Lipinski definition) is 1. The summed E-state index contributed by atoms with van der Waals surface area (Å²) in [6, 6.07) is 3.32. The zero-order chi connectivity index (χ0) is 22.2. The van der Waals surface area contributed by atoms with E-state index in [1.165, 1.54) is 12.1 Å². The third kappa shape index (κ3) is 4.82. The maximum absolute atomic E-state index is 14.4. The van der Waals surface area contributed by atoms with Crippen LogP contribution in [0.4, 0.5) is 15.9 Å². The van der Waals surface area contributed by atoms with Gasteiger partial charge in [0.05, 0.1) is 23.0 Å². The molecule has 166 valence electrons. The van der Waals surface area contributed by atoms with Crippen LogP contribution in [0.1, 0.15) is 19.3 Å². The van der Waals surface area contributed by atoms with Gasteiger partial charge in [0, 0.05) is 31.9 Å². The van der Waals surface area contributed by atoms with Crippen LogP contribution in [-0.2, 0) is 14.6 Å². The van der Waals surface area contributed by atoms with Crippen molar-refractivity contribution in [1.82, 2.24) is 14.9 Å². The molecule has 2 saturated heterocycles. The molecule has 2 fully saturated rings. The molecule has 11 heteroatoms. The summed E-state index contributed by atoms with van der Waals surface area (Å²) >= 11 is 3.28. The molecule has 0 spiro atoms. The van der Waals surface area contributed by atoms with Crippen LogP contribution in [0.15, 0.2) is 40.1 Å². The Morgan fingerprint density at radius 3 is 2.48 bits per heavy atom. The molecule has 1 atom stereocenters. The Morgan fingerprint density at radius 1 is 1.13 bits per heavy atom. The number of nitrogens with one attached hydrogen (secondary N) is 1. The Bertz CT molecular complexity index is 1070. The van der Waals surface area contributed by atoms with Crippen molar-refractivity contribution in [3.63, 3.8) is 0 Å². The predicted molar refractivity (Wildman–Crippen MR) is 118 cm³/mol. The van der Waals surface area contributed by atoms with Crippen LogP contribution in [0.5, 0.6) is 0 Å². The van der Waals surface area contributed by atoms with Crippen LogP contribution in [0.25, 0.3) is 0 Å². The quantitative estimate of drug-likeness (QED) is 0.658. The number of halogens is 2. The number of benzene rings is 1. The van der Waals surface area contributed by atoms with Gasteiger partial charge in [-0.25, -0.2) is 22.8 Å². The fourth-order valence-corrected chi connectivity index (χ4v) is 4.94. The van der Waals surface area contributed by atoms with Gasteiger partial charge in [-0.05, 0) is 53.4 Å². The topological polar surface area (TPSA) is 95.5 Å². The number of sulfone groups is 1. The van der Waals surface area contributed by atoms with Crippen molar-refractivity contribution in [2.45, 2.75) is 36.2 Å². The van der Waals surface area contributed by atoms with Gasteiger partial charge in [0.1, 0.15) is 22.3 Å². The van der Waals surface area contributed by atoms with Crippen LogP contribution in [0.3, 0.4) is 0 Å². The van der Waals surface area contributed by atoms with E-state index < -0.39 is 21.7 Å². The number of likely N-dealkylation sites (tertiary alicyclic amines) is 1. The lowest BCUT2D eigenvalue weighted by molar-refractivity contribution is -0.130. The minimum absolute atomic E-state index is 0.0477. The highest BCUT2D eigenvalue weighted by Gasteiger charge is 2.37. The molecule has 0 saturated carbocycles. The first kappa shape index (κ1) is 21.9. The van der Waals surface area contributed by atoms with Gasteiger partial charge in [-0.15, -0.1) is 0 Å². The molecule has 1 unspecified atom stereocenters. The number of amides is 1. The van der Waals surface area contributed by atoms with Gasteiger partial charge in [-0.2, -0.15) is 0 Å². The largest absolute Gasteiger partial charge is 0.371 e. The van der Waals surface area contributed by atoms with E-state index in [2.05, 4.69) is 36.1 Å². The maximum atomic E-state index is 14.4. The van der Waals surface area contributed by atoms with E-state index in [1.807, 2.05) is 4.90 Å². The molecule has 2 aliphatic rings. The van der Waals surface area contributed by atoms with E-state index >= 15 is 0 Å². The molecule has 0 aliphatic carbocycles. The summed E-state index contributed by atoms with van der Waals surface area (Å²) in [6.07, 6.45) is 6.66. The second-order valence-electron chi connectivity index (χ2n) is 7.85. The third-order valence-electron chi connectivity index (χ3n) is 5.77. The van der Waals surface area contributed by atoms with E-state index in [0.717, 1.165) is 44.1 Å². The van der Waals surface area contributed by atoms with E-state index in [1.54, 1.807) is 12.4 Å². The maximum Gasteiger partial charge on any atom is 0.245 e. The zero-order valence-electron chi connectivity index (χ0n) is 17.0. The average Bonchev–Trinajstić information content (AvgIpc) is 3.10. The second-order valence-corrected chi connectivity index (χ2v) is 10.7. The molecule has 2 aliphatic heterocycles. The Kier molecular flexibility index (Phi) is 6.16. The molecule has 4 rings (SSSR count). The predicted octanol–water partition coefficient (Wildman–Crippen LogP) is 2.46. The van der Waals surface area contributed by atoms with Crippen molar-refractivity contribution >= 4 is 43.2 Å². The zero-order valence-corrected chi connectivity index (χ0v) is 19.4. The number of aromatic nitrogens is 2. The van der Waals surface area contributed by atoms with Crippen molar-refractivity contribution in [3.05, 3.63) is 41.0 Å². The van der Waals surface area contributed by atoms with Crippen molar-refractivity contribution in [1.29, 1.82) is 0 Å². The van der Waals surface area contributed by atoms with Gasteiger partial charge >= 0.3 is 0 Å². The van der Waals surface area contributed by atoms with Crippen molar-refractivity contribution in [3.8, 4) is 0 Å². The number of carbonyl (C=O) groups excluding carboxylic acids is 1. The molecular weight excluding hydrogens is 489 g/mol. The van der Waals surface area contributed by atoms with Crippen molar-refractivity contribution in [2.24, 2.45) is 0 Å². The van der Waals surface area contributed by atoms with Gasteiger partial charge in [0.25, 0.3) is 0 Å². The standard InChI is InChI=1S/C20H23BrFN5O3S/c1-31(29,30)14-2-3-16(15(22)10-14)25-17-6-9-27(20(17)28)13-4-7-26(8-5-13)19-12-23-18(21)11-24-19/h2-3,10-13,17,25H,4-9H2,1H3. The summed E-state index contributed by atoms with van der Waals surface area (Å²) in [6.45, 7) is 2.18. The molecule has 1 N–H and O–H groups in total. The lowest BCUT2D eigenvalue weighted by Gasteiger charge is -2.37. The number of rotatable bonds is 5. The highest BCUT2D eigenvalue weighted by atomic mass is 79.9. The van der Waals surface area contributed by atoms with Gasteiger partial charge in [0.15, 0.2) is 9.84 Å². The average molecular weight is 512 g/mol. The van der Waals surface area contributed by atoms with Crippen LogP contribution < -0.4 is 10.2 Å². The lowest BCUT2D eigenvalue weighted by Crippen LogP contribution is -2.47. The van der Waals surface area contributed by atoms with Crippen LogP contribution in [0.2, 0.25) is 0 Å². The van der Waals surface area contributed by atoms with Gasteiger partial charge in [-0.3, -0.25) is 4.79 Å². The summed E-state index contributed by atoms with van der Waals surface area (Å²) in [5.41, 5.74) is 0.135. The first-order chi connectivity index (χ1) is 14.7. The summed E-state index contributed by atoms with van der Waals surface area (Å²) in [4.78, 5) is 25.5. The van der Waals surface area contributed by atoms with E-state index in [9.17, 15) is 17.6 Å². The Balaban J connectivity index is 1.36. The molecule has 1 amide bonds. The fourth-order valence-electron chi connectivity index (χ4n) is 4.11. The summed E-state index contributed by atoms with van der Waals surface area (Å²) in [7, 11) is -3.49. The van der Waals surface area contributed by atoms with Gasteiger partial charge in [-0.1, -0.05) is 0 Å². The summed E-state index contributed by atoms with van der Waals surface area (Å²) in [5, 5.41) is 2.95. The van der Waals surface area contributed by atoms with Crippen LogP contribution in [0, 0.1) is 5.82 Å². The van der Waals surface area contributed by atoms with Crippen LogP contribution >= 0.6 is 15.9 Å². The number of nitrogens with zero attached hydrogens (tertiary/aromatic N) is 4. The molecule has 8 nitrogen and oxygen atoms in total. The van der Waals surface area contributed by atoms with Gasteiger partial charge < -0.3 is 15.1 Å². The molecule has 0 radical (unpaired) electrons. The van der Waals surface area contributed by atoms with E-state index in [0.29, 0.717) is 17.6 Å². The monoisotopic (exact) mass is 511 g/mol. The Morgan fingerprint density at radius 2 is 1.87 bits per heavy atom. The number of anilines is 2. The number of carbonyl (C=O) groups is 1. The van der Waals surface area contributed by atoms with Crippen molar-refractivity contribution in [2.75, 3.05) is 36.1 Å². The molecule has 1 aromatic heterocycles. The Labute approximate surface area is 188 Å². The van der Waals surface area contributed by atoms with Crippen molar-refractivity contribution < 1.29 is 17.6 Å². The molecule has 31 heavy (non-hydrogen) atoms. The molecular formula is C20H23BrFN5O3S. The van der Waals surface area contributed by atoms with Crippen LogP contribution in [-0.4, -0.2) is 67.2 Å². The Hall–Kier alpha value is -2.27. The van der Waals surface area contributed by atoms with E-state index in [-0.39, 0.29) is 22.5 Å². The number of piperidine rings is 1. The normalized spacial score (nSPS) is 20.4. The second kappa shape index (κ2) is 8.70. The fraction of sp³-hybridized carbons (Fsp3) is 0.450. The molecule has 0 bridgehead atoms. The van der Waals surface area contributed by atoms with E-state index in [4.69, 9.17) is 0 Å². The minimum Gasteiger partial charge on any atom is -0.371 e. The van der Waals surface area contributed by atoms with Gasteiger partial charge in [0.2, 0.25) is 5.91 Å². The lowest BCUT2D eigenvalue weighted by atomic mass is 10.0. The SMILES string of the molecule is CS(=O)(=O)c1ccc(NC2CCN(C3CCN(c4cnc(Br)cn4)CC3)C2=O)c(F)c1. The smallest absolute Gasteiger partial charge is 0.245 e. The highest BCUT2D eigenvalue weighted by molar-refractivity contribution is 9.10. The molecule has 3 heterocycles. The molecule has 2 aromatic rings. The first-order valence-corrected chi connectivity index (χ1v) is 12.7. The first-order valence-electron chi connectivity index (χ1n) is 10.0. The third-order valence-corrected chi connectivity index (χ3v) is 7.29. The molecule has 1 aromatic carbocycles. The summed E-state index contributed by atoms with van der Waals surface area (Å²) < 4.78 is 38.2. The summed E-state index contributed by atoms with van der Waals surface area (Å²) in [5.74, 6) is 0.0912. The minimum atomic E-state index is -3.49.